The number of hydrogen-bond acceptors (Lipinski definition) is 4. The van der Waals surface area contributed by atoms with Crippen LogP contribution in [0.25, 0.3) is 21.8 Å². The average Bonchev–Trinajstić information content (AvgIpc) is 2.69. The number of amides is 1. The second-order valence-electron chi connectivity index (χ2n) is 7.21. The molecule has 6 nitrogen and oxygen atoms in total. The van der Waals surface area contributed by atoms with Gasteiger partial charge in [0.25, 0.3) is 5.91 Å². The first kappa shape index (κ1) is 18.1. The van der Waals surface area contributed by atoms with Crippen LogP contribution in [0.2, 0.25) is 0 Å². The molecule has 0 bridgehead atoms. The molecule has 2 atom stereocenters. The molecule has 0 unspecified atom stereocenters. The van der Waals surface area contributed by atoms with E-state index in [1.807, 2.05) is 48.5 Å². The standard InChI is InChI=1S/C22H20N2O4/c25-14-7-5-6-13(12-14)20(22(27)28)24-21(26)19-15-8-1-3-10-17(15)23-18-11-4-2-9-16(18)19/h1-4,8-11,13,20H,5-7,12H2,(H,24,26)(H,27,28)/t13-,20-/m1/s1. The summed E-state index contributed by atoms with van der Waals surface area (Å²) in [6.07, 6.45) is 1.94. The molecule has 142 valence electrons. The third kappa shape index (κ3) is 3.33. The first-order valence-electron chi connectivity index (χ1n) is 9.37. The number of rotatable bonds is 4. The minimum Gasteiger partial charge on any atom is -0.480 e. The van der Waals surface area contributed by atoms with Crippen LogP contribution in [-0.4, -0.2) is 33.8 Å². The Balaban J connectivity index is 1.76. The van der Waals surface area contributed by atoms with Crippen molar-refractivity contribution < 1.29 is 19.5 Å². The normalized spacial score (nSPS) is 18.1. The number of aliphatic carboxylic acids is 1. The number of nitrogens with one attached hydrogen (secondary N) is 1. The quantitative estimate of drug-likeness (QED) is 0.681. The Morgan fingerprint density at radius 3 is 2.21 bits per heavy atom. The zero-order valence-corrected chi connectivity index (χ0v) is 15.2. The van der Waals surface area contributed by atoms with E-state index in [4.69, 9.17) is 0 Å². The second kappa shape index (κ2) is 7.38. The molecule has 2 N–H and O–H groups in total. The van der Waals surface area contributed by atoms with E-state index in [0.29, 0.717) is 46.6 Å². The fraction of sp³-hybridized carbons (Fsp3) is 0.273. The van der Waals surface area contributed by atoms with E-state index in [-0.39, 0.29) is 18.1 Å². The van der Waals surface area contributed by atoms with Crippen molar-refractivity contribution in [1.82, 2.24) is 10.3 Å². The largest absolute Gasteiger partial charge is 0.480 e. The number of carboxylic acids is 1. The molecule has 1 fully saturated rings. The van der Waals surface area contributed by atoms with Crippen molar-refractivity contribution in [1.29, 1.82) is 0 Å². The van der Waals surface area contributed by atoms with Gasteiger partial charge in [0, 0.05) is 23.6 Å². The lowest BCUT2D eigenvalue weighted by molar-refractivity contribution is -0.141. The third-order valence-corrected chi connectivity index (χ3v) is 5.36. The van der Waals surface area contributed by atoms with Crippen LogP contribution in [0.1, 0.15) is 36.0 Å². The van der Waals surface area contributed by atoms with Crippen LogP contribution in [-0.2, 0) is 9.59 Å². The summed E-state index contributed by atoms with van der Waals surface area (Å²) in [5.74, 6) is -1.91. The number of benzene rings is 2. The van der Waals surface area contributed by atoms with Gasteiger partial charge in [0.2, 0.25) is 0 Å². The summed E-state index contributed by atoms with van der Waals surface area (Å²) >= 11 is 0. The number of para-hydroxylation sites is 2. The van der Waals surface area contributed by atoms with Gasteiger partial charge in [-0.1, -0.05) is 36.4 Å². The lowest BCUT2D eigenvalue weighted by atomic mass is 9.83. The number of carbonyl (C=O) groups excluding carboxylic acids is 2. The van der Waals surface area contributed by atoms with Gasteiger partial charge in [0.05, 0.1) is 16.6 Å². The maximum Gasteiger partial charge on any atom is 0.326 e. The van der Waals surface area contributed by atoms with Crippen molar-refractivity contribution in [3.8, 4) is 0 Å². The Kier molecular flexibility index (Phi) is 4.77. The van der Waals surface area contributed by atoms with Crippen LogP contribution in [0.3, 0.4) is 0 Å². The molecule has 1 aliphatic carbocycles. The van der Waals surface area contributed by atoms with Crippen LogP contribution < -0.4 is 5.32 Å². The third-order valence-electron chi connectivity index (χ3n) is 5.36. The SMILES string of the molecule is O=C1CCC[C@@H]([C@@H](NC(=O)c2c3ccccc3nc3ccccc23)C(=O)O)C1. The van der Waals surface area contributed by atoms with Gasteiger partial charge in [0.1, 0.15) is 11.8 Å². The number of fused-ring (bicyclic) bond motifs is 2. The highest BCUT2D eigenvalue weighted by Gasteiger charge is 2.34. The van der Waals surface area contributed by atoms with Crippen molar-refractivity contribution >= 4 is 39.5 Å². The zero-order valence-electron chi connectivity index (χ0n) is 15.2. The maximum atomic E-state index is 13.2. The summed E-state index contributed by atoms with van der Waals surface area (Å²) in [7, 11) is 0. The van der Waals surface area contributed by atoms with Crippen molar-refractivity contribution in [3.05, 3.63) is 54.1 Å². The van der Waals surface area contributed by atoms with E-state index in [0.717, 1.165) is 0 Å². The molecule has 0 radical (unpaired) electrons. The monoisotopic (exact) mass is 376 g/mol. The minimum absolute atomic E-state index is 0.0524. The van der Waals surface area contributed by atoms with Crippen molar-refractivity contribution in [2.45, 2.75) is 31.7 Å². The molecule has 0 saturated heterocycles. The van der Waals surface area contributed by atoms with Gasteiger partial charge in [-0.15, -0.1) is 0 Å². The molecular formula is C22H20N2O4. The summed E-state index contributed by atoms with van der Waals surface area (Å²) in [6.45, 7) is 0. The number of nitrogens with zero attached hydrogens (tertiary/aromatic N) is 1. The summed E-state index contributed by atoms with van der Waals surface area (Å²) in [4.78, 5) is 41.5. The summed E-state index contributed by atoms with van der Waals surface area (Å²) in [6, 6.07) is 13.5. The number of ketones is 1. The molecule has 0 aliphatic heterocycles. The fourth-order valence-corrected chi connectivity index (χ4v) is 4.02. The predicted molar refractivity (Wildman–Crippen MR) is 105 cm³/mol. The summed E-state index contributed by atoms with van der Waals surface area (Å²) in [5.41, 5.74) is 1.76. The molecule has 1 heterocycles. The maximum absolute atomic E-state index is 13.2. The Morgan fingerprint density at radius 1 is 1.04 bits per heavy atom. The van der Waals surface area contributed by atoms with Crippen LogP contribution in [0.15, 0.2) is 48.5 Å². The molecule has 6 heteroatoms. The van der Waals surface area contributed by atoms with E-state index in [1.54, 1.807) is 0 Å². The Hall–Kier alpha value is -3.28. The van der Waals surface area contributed by atoms with Crippen molar-refractivity contribution in [3.63, 3.8) is 0 Å². The van der Waals surface area contributed by atoms with Gasteiger partial charge in [-0.25, -0.2) is 9.78 Å². The lowest BCUT2D eigenvalue weighted by Crippen LogP contribution is -2.47. The predicted octanol–water partition coefficient (Wildman–Crippen LogP) is 3.33. The van der Waals surface area contributed by atoms with Gasteiger partial charge in [-0.05, 0) is 30.9 Å². The van der Waals surface area contributed by atoms with Crippen molar-refractivity contribution in [2.75, 3.05) is 0 Å². The average molecular weight is 376 g/mol. The van der Waals surface area contributed by atoms with E-state index < -0.39 is 17.9 Å². The number of Topliss-reactive ketones (excluding diaryl/α,β-unsaturated/α-hetero) is 1. The van der Waals surface area contributed by atoms with Gasteiger partial charge in [0.15, 0.2) is 0 Å². The van der Waals surface area contributed by atoms with E-state index >= 15 is 0 Å². The van der Waals surface area contributed by atoms with Crippen LogP contribution in [0, 0.1) is 5.92 Å². The molecular weight excluding hydrogens is 356 g/mol. The molecule has 1 aliphatic rings. The first-order valence-corrected chi connectivity index (χ1v) is 9.37. The van der Waals surface area contributed by atoms with Crippen molar-refractivity contribution in [2.24, 2.45) is 5.92 Å². The van der Waals surface area contributed by atoms with Gasteiger partial charge < -0.3 is 10.4 Å². The lowest BCUT2D eigenvalue weighted by Gasteiger charge is -2.27. The summed E-state index contributed by atoms with van der Waals surface area (Å²) < 4.78 is 0. The molecule has 1 amide bonds. The Morgan fingerprint density at radius 2 is 1.64 bits per heavy atom. The van der Waals surface area contributed by atoms with Crippen LogP contribution in [0.5, 0.6) is 0 Å². The Labute approximate surface area is 161 Å². The number of aromatic nitrogens is 1. The van der Waals surface area contributed by atoms with E-state index in [2.05, 4.69) is 10.3 Å². The zero-order chi connectivity index (χ0) is 19.7. The highest BCUT2D eigenvalue weighted by molar-refractivity contribution is 6.16. The first-order chi connectivity index (χ1) is 13.5. The molecule has 2 aromatic carbocycles. The smallest absolute Gasteiger partial charge is 0.326 e. The number of pyridine rings is 1. The topological polar surface area (TPSA) is 96.4 Å². The number of carbonyl (C=O) groups is 3. The minimum atomic E-state index is -1.12. The van der Waals surface area contributed by atoms with E-state index in [9.17, 15) is 19.5 Å². The second-order valence-corrected chi connectivity index (χ2v) is 7.21. The number of carboxylic acid groups (broad SMARTS) is 1. The Bertz CT molecular complexity index is 1040. The van der Waals surface area contributed by atoms with Crippen LogP contribution >= 0.6 is 0 Å². The molecule has 1 saturated carbocycles. The molecule has 28 heavy (non-hydrogen) atoms. The fourth-order valence-electron chi connectivity index (χ4n) is 4.02. The van der Waals surface area contributed by atoms with Crippen LogP contribution in [0.4, 0.5) is 0 Å². The van der Waals surface area contributed by atoms with E-state index in [1.165, 1.54) is 0 Å². The van der Waals surface area contributed by atoms with Gasteiger partial charge in [-0.3, -0.25) is 9.59 Å². The van der Waals surface area contributed by atoms with Gasteiger partial charge in [-0.2, -0.15) is 0 Å². The molecule has 1 aromatic heterocycles. The highest BCUT2D eigenvalue weighted by Crippen LogP contribution is 2.28. The summed E-state index contributed by atoms with van der Waals surface area (Å²) in [5, 5.41) is 13.7. The van der Waals surface area contributed by atoms with Gasteiger partial charge >= 0.3 is 5.97 Å². The molecule has 0 spiro atoms. The molecule has 4 rings (SSSR count). The molecule has 3 aromatic rings. The highest BCUT2D eigenvalue weighted by atomic mass is 16.4. The number of hydrogen-bond donors (Lipinski definition) is 2.